The molecule has 1 heterocycles. The summed E-state index contributed by atoms with van der Waals surface area (Å²) in [5.74, 6) is -0.857. The molecule has 1 fully saturated rings. The Labute approximate surface area is 174 Å². The highest BCUT2D eigenvalue weighted by Crippen LogP contribution is 2.47. The molecule has 0 unspecified atom stereocenters. The molecule has 1 aliphatic rings. The van der Waals surface area contributed by atoms with E-state index >= 15 is 0 Å². The van der Waals surface area contributed by atoms with E-state index in [0.29, 0.717) is 6.54 Å². The Morgan fingerprint density at radius 2 is 1.59 bits per heavy atom. The number of hydrogen-bond donors (Lipinski definition) is 1. The molecule has 0 aliphatic carbocycles. The van der Waals surface area contributed by atoms with Gasteiger partial charge in [-0.15, -0.1) is 0 Å². The highest BCUT2D eigenvalue weighted by atomic mass is 16.6. The van der Waals surface area contributed by atoms with Crippen LogP contribution in [0.1, 0.15) is 57.8 Å². The van der Waals surface area contributed by atoms with Crippen LogP contribution in [0.2, 0.25) is 0 Å². The molecule has 4 nitrogen and oxygen atoms in total. The summed E-state index contributed by atoms with van der Waals surface area (Å²) in [4.78, 5) is 15.6. The predicted molar refractivity (Wildman–Crippen MR) is 115 cm³/mol. The molecule has 156 valence electrons. The zero-order valence-electron chi connectivity index (χ0n) is 18.1. The van der Waals surface area contributed by atoms with Crippen LogP contribution in [0, 0.1) is 11.8 Å². The first-order valence-corrected chi connectivity index (χ1v) is 10.5. The SMILES string of the molecule is C[C@H](c1ccccc1)N1C[C@@H]([C@@H](C)O)[C@H](C(=O)OC(C)(C)C)[C@H]1c1ccccc1. The predicted octanol–water partition coefficient (Wildman–Crippen LogP) is 4.76. The molecular formula is C25H33NO3. The molecule has 1 saturated heterocycles. The Kier molecular flexibility index (Phi) is 6.45. The van der Waals surface area contributed by atoms with E-state index in [1.54, 1.807) is 6.92 Å². The van der Waals surface area contributed by atoms with Crippen molar-refractivity contribution in [2.45, 2.75) is 58.4 Å². The maximum atomic E-state index is 13.3. The van der Waals surface area contributed by atoms with Crippen LogP contribution in [0.3, 0.4) is 0 Å². The summed E-state index contributed by atoms with van der Waals surface area (Å²) in [6.07, 6.45) is -0.605. The van der Waals surface area contributed by atoms with Crippen LogP contribution in [0.5, 0.6) is 0 Å². The molecule has 29 heavy (non-hydrogen) atoms. The number of hydrogen-bond acceptors (Lipinski definition) is 4. The van der Waals surface area contributed by atoms with Crippen LogP contribution < -0.4 is 0 Å². The number of aliphatic hydroxyl groups excluding tert-OH is 1. The first-order valence-electron chi connectivity index (χ1n) is 10.5. The third kappa shape index (κ3) is 4.88. The molecule has 1 aliphatic heterocycles. The molecule has 2 aromatic rings. The first-order chi connectivity index (χ1) is 13.7. The molecule has 1 N–H and O–H groups in total. The molecule has 5 atom stereocenters. The molecule has 2 aromatic carbocycles. The minimum Gasteiger partial charge on any atom is -0.460 e. The van der Waals surface area contributed by atoms with Crippen molar-refractivity contribution in [3.63, 3.8) is 0 Å². The Balaban J connectivity index is 2.04. The number of aliphatic hydroxyl groups is 1. The molecular weight excluding hydrogens is 362 g/mol. The van der Waals surface area contributed by atoms with Crippen LogP contribution in [0.4, 0.5) is 0 Å². The lowest BCUT2D eigenvalue weighted by atomic mass is 9.84. The quantitative estimate of drug-likeness (QED) is 0.742. The van der Waals surface area contributed by atoms with Crippen molar-refractivity contribution in [3.05, 3.63) is 71.8 Å². The first kappa shape index (κ1) is 21.5. The van der Waals surface area contributed by atoms with E-state index in [2.05, 4.69) is 36.1 Å². The second-order valence-electron chi connectivity index (χ2n) is 9.10. The number of rotatable bonds is 5. The number of carbonyl (C=O) groups excluding carboxylic acids is 1. The summed E-state index contributed by atoms with van der Waals surface area (Å²) in [5.41, 5.74) is 1.71. The lowest BCUT2D eigenvalue weighted by Gasteiger charge is -2.34. The highest BCUT2D eigenvalue weighted by molar-refractivity contribution is 5.75. The van der Waals surface area contributed by atoms with Gasteiger partial charge in [0.05, 0.1) is 12.0 Å². The highest BCUT2D eigenvalue weighted by Gasteiger charge is 2.51. The maximum Gasteiger partial charge on any atom is 0.311 e. The molecule has 4 heteroatoms. The van der Waals surface area contributed by atoms with E-state index in [0.717, 1.165) is 5.56 Å². The lowest BCUT2D eigenvalue weighted by Crippen LogP contribution is -2.37. The molecule has 0 saturated carbocycles. The third-order valence-corrected chi connectivity index (χ3v) is 5.80. The van der Waals surface area contributed by atoms with Gasteiger partial charge < -0.3 is 9.84 Å². The smallest absolute Gasteiger partial charge is 0.311 e. The second-order valence-corrected chi connectivity index (χ2v) is 9.10. The topological polar surface area (TPSA) is 49.8 Å². The van der Waals surface area contributed by atoms with Crippen molar-refractivity contribution >= 4 is 5.97 Å². The van der Waals surface area contributed by atoms with Crippen molar-refractivity contribution < 1.29 is 14.6 Å². The fraction of sp³-hybridized carbons (Fsp3) is 0.480. The van der Waals surface area contributed by atoms with E-state index in [9.17, 15) is 9.90 Å². The average Bonchev–Trinajstić information content (AvgIpc) is 3.08. The zero-order chi connectivity index (χ0) is 21.2. The van der Waals surface area contributed by atoms with Gasteiger partial charge in [0.15, 0.2) is 0 Å². The largest absolute Gasteiger partial charge is 0.460 e. The van der Waals surface area contributed by atoms with Crippen molar-refractivity contribution in [1.82, 2.24) is 4.90 Å². The van der Waals surface area contributed by atoms with Crippen LogP contribution in [-0.4, -0.2) is 34.2 Å². The van der Waals surface area contributed by atoms with E-state index in [4.69, 9.17) is 4.74 Å². The van der Waals surface area contributed by atoms with Crippen molar-refractivity contribution in [1.29, 1.82) is 0 Å². The van der Waals surface area contributed by atoms with E-state index < -0.39 is 17.6 Å². The molecule has 0 aromatic heterocycles. The Morgan fingerprint density at radius 3 is 2.10 bits per heavy atom. The van der Waals surface area contributed by atoms with Gasteiger partial charge in [0.2, 0.25) is 0 Å². The van der Waals surface area contributed by atoms with Crippen molar-refractivity contribution in [2.75, 3.05) is 6.54 Å². The van der Waals surface area contributed by atoms with Gasteiger partial charge in [0.1, 0.15) is 5.60 Å². The molecule has 0 amide bonds. The molecule has 0 spiro atoms. The fourth-order valence-corrected chi connectivity index (χ4v) is 4.41. The second kappa shape index (κ2) is 8.68. The maximum absolute atomic E-state index is 13.3. The van der Waals surface area contributed by atoms with Crippen LogP contribution >= 0.6 is 0 Å². The molecule has 0 radical (unpaired) electrons. The summed E-state index contributed by atoms with van der Waals surface area (Å²) in [6, 6.07) is 20.4. The Morgan fingerprint density at radius 1 is 1.03 bits per heavy atom. The minimum absolute atomic E-state index is 0.107. The standard InChI is InChI=1S/C25H33NO3/c1-17(19-12-8-6-9-13-19)26-16-21(18(2)27)22(24(28)29-25(3,4)5)23(26)20-14-10-7-11-15-20/h6-15,17-18,21-23,27H,16H2,1-5H3/t17-,18-,21+,22+,23-/m1/s1. The van der Waals surface area contributed by atoms with E-state index in [1.165, 1.54) is 5.56 Å². The number of benzene rings is 2. The normalized spacial score (nSPS) is 24.8. The van der Waals surface area contributed by atoms with Gasteiger partial charge in [0.25, 0.3) is 0 Å². The number of ether oxygens (including phenoxy) is 1. The monoisotopic (exact) mass is 395 g/mol. The summed E-state index contributed by atoms with van der Waals surface area (Å²) < 4.78 is 5.81. The van der Waals surface area contributed by atoms with E-state index in [-0.39, 0.29) is 24.0 Å². The number of nitrogens with zero attached hydrogens (tertiary/aromatic N) is 1. The zero-order valence-corrected chi connectivity index (χ0v) is 18.1. The van der Waals surface area contributed by atoms with E-state index in [1.807, 2.05) is 57.2 Å². The van der Waals surface area contributed by atoms with Crippen LogP contribution in [0.15, 0.2) is 60.7 Å². The van der Waals surface area contributed by atoms with Gasteiger partial charge in [-0.3, -0.25) is 9.69 Å². The van der Waals surface area contributed by atoms with Gasteiger partial charge >= 0.3 is 5.97 Å². The third-order valence-electron chi connectivity index (χ3n) is 5.80. The van der Waals surface area contributed by atoms with Crippen LogP contribution in [-0.2, 0) is 9.53 Å². The van der Waals surface area contributed by atoms with Gasteiger partial charge in [-0.1, -0.05) is 60.7 Å². The number of carbonyl (C=O) groups is 1. The average molecular weight is 396 g/mol. The number of esters is 1. The van der Waals surface area contributed by atoms with Crippen LogP contribution in [0.25, 0.3) is 0 Å². The number of likely N-dealkylation sites (tertiary alicyclic amines) is 1. The van der Waals surface area contributed by atoms with Crippen molar-refractivity contribution in [3.8, 4) is 0 Å². The summed E-state index contributed by atoms with van der Waals surface area (Å²) in [7, 11) is 0. The van der Waals surface area contributed by atoms with Gasteiger partial charge in [-0.2, -0.15) is 0 Å². The fourth-order valence-electron chi connectivity index (χ4n) is 4.41. The van der Waals surface area contributed by atoms with Gasteiger partial charge in [-0.05, 0) is 45.7 Å². The molecule has 3 rings (SSSR count). The van der Waals surface area contributed by atoms with Crippen molar-refractivity contribution in [2.24, 2.45) is 11.8 Å². The minimum atomic E-state index is -0.605. The summed E-state index contributed by atoms with van der Waals surface area (Å²) in [6.45, 7) is 10.2. The molecule has 0 bridgehead atoms. The van der Waals surface area contributed by atoms with Gasteiger partial charge in [-0.25, -0.2) is 0 Å². The Hall–Kier alpha value is -2.17. The Bertz CT molecular complexity index is 798. The lowest BCUT2D eigenvalue weighted by molar-refractivity contribution is -0.163. The summed E-state index contributed by atoms with van der Waals surface area (Å²) in [5, 5.41) is 10.6. The summed E-state index contributed by atoms with van der Waals surface area (Å²) >= 11 is 0. The van der Waals surface area contributed by atoms with Gasteiger partial charge in [0, 0.05) is 24.5 Å².